The first-order chi connectivity index (χ1) is 14.2. The van der Waals surface area contributed by atoms with Gasteiger partial charge in [-0.15, -0.1) is 0 Å². The summed E-state index contributed by atoms with van der Waals surface area (Å²) < 4.78 is 28.8. The first kappa shape index (κ1) is 21.0. The lowest BCUT2D eigenvalue weighted by atomic mass is 9.92. The van der Waals surface area contributed by atoms with E-state index in [0.717, 1.165) is 30.2 Å². The molecule has 0 spiro atoms. The Morgan fingerprint density at radius 2 is 1.87 bits per heavy atom. The predicted molar refractivity (Wildman–Crippen MR) is 111 cm³/mol. The van der Waals surface area contributed by atoms with Crippen LogP contribution in [-0.4, -0.2) is 56.0 Å². The minimum absolute atomic E-state index is 0.00410. The first-order valence-corrected chi connectivity index (χ1v) is 10.7. The first-order valence-electron chi connectivity index (χ1n) is 10.7. The minimum atomic E-state index is -2.57. The molecule has 0 unspecified atom stereocenters. The van der Waals surface area contributed by atoms with E-state index in [2.05, 4.69) is 27.2 Å². The van der Waals surface area contributed by atoms with Crippen LogP contribution in [0.1, 0.15) is 50.4 Å². The minimum Gasteiger partial charge on any atom is -0.394 e. The van der Waals surface area contributed by atoms with Crippen LogP contribution >= 0.6 is 0 Å². The number of rotatable bonds is 5. The lowest BCUT2D eigenvalue weighted by Crippen LogP contribution is -2.34. The van der Waals surface area contributed by atoms with Crippen LogP contribution in [-0.2, 0) is 0 Å². The summed E-state index contributed by atoms with van der Waals surface area (Å²) in [5.74, 6) is -0.353. The molecule has 9 heteroatoms. The number of aromatic nitrogens is 4. The molecule has 2 aromatic rings. The Labute approximate surface area is 175 Å². The number of halogens is 2. The highest BCUT2D eigenvalue weighted by atomic mass is 19.3. The van der Waals surface area contributed by atoms with Crippen LogP contribution in [0.4, 0.5) is 20.5 Å². The summed E-state index contributed by atoms with van der Waals surface area (Å²) >= 11 is 0. The second-order valence-electron chi connectivity index (χ2n) is 8.85. The topological polar surface area (TPSA) is 79.1 Å². The fourth-order valence-electron chi connectivity index (χ4n) is 4.57. The Morgan fingerprint density at radius 3 is 2.50 bits per heavy atom. The van der Waals surface area contributed by atoms with Crippen LogP contribution in [0.25, 0.3) is 5.82 Å². The molecule has 2 N–H and O–H groups in total. The monoisotopic (exact) mass is 420 g/mol. The van der Waals surface area contributed by atoms with Gasteiger partial charge in [0.05, 0.1) is 18.3 Å². The van der Waals surface area contributed by atoms with Gasteiger partial charge in [0.1, 0.15) is 5.82 Å². The van der Waals surface area contributed by atoms with E-state index in [9.17, 15) is 13.9 Å². The zero-order valence-electron chi connectivity index (χ0n) is 17.8. The third-order valence-corrected chi connectivity index (χ3v) is 6.10. The normalized spacial score (nSPS) is 24.4. The molecule has 1 saturated carbocycles. The summed E-state index contributed by atoms with van der Waals surface area (Å²) in [7, 11) is 0. The van der Waals surface area contributed by atoms with Crippen molar-refractivity contribution in [1.82, 2.24) is 19.7 Å². The molecule has 7 nitrogen and oxygen atoms in total. The number of alkyl halides is 2. The molecule has 2 fully saturated rings. The molecule has 1 aliphatic heterocycles. The van der Waals surface area contributed by atoms with Gasteiger partial charge in [0.15, 0.2) is 5.82 Å². The van der Waals surface area contributed by atoms with Gasteiger partial charge in [-0.2, -0.15) is 15.1 Å². The highest BCUT2D eigenvalue weighted by Gasteiger charge is 2.35. The van der Waals surface area contributed by atoms with Gasteiger partial charge in [-0.1, -0.05) is 6.92 Å². The second-order valence-corrected chi connectivity index (χ2v) is 8.85. The average molecular weight is 421 g/mol. The summed E-state index contributed by atoms with van der Waals surface area (Å²) in [6, 6.07) is 3.79. The maximum atomic E-state index is 13.5. The van der Waals surface area contributed by atoms with Gasteiger partial charge in [0, 0.05) is 37.2 Å². The van der Waals surface area contributed by atoms with Crippen LogP contribution in [0.15, 0.2) is 12.1 Å². The standard InChI is InChI=1S/C21H30F2N6O/c1-13-8-17(12-30)28(11-13)18-10-19(29-15(3)9-14(2)27-29)26-20(25-18)24-16-4-6-21(22,23)7-5-16/h9-10,13,16-17,30H,4-8,11-12H2,1-3H3,(H,24,25,26)/t13-,17-/m0/s1. The maximum Gasteiger partial charge on any atom is 0.248 e. The Bertz CT molecular complexity index is 892. The second kappa shape index (κ2) is 8.09. The van der Waals surface area contributed by atoms with Crippen LogP contribution in [0.3, 0.4) is 0 Å². The van der Waals surface area contributed by atoms with Gasteiger partial charge >= 0.3 is 0 Å². The summed E-state index contributed by atoms with van der Waals surface area (Å²) in [4.78, 5) is 11.5. The fraction of sp³-hybridized carbons (Fsp3) is 0.667. The molecule has 2 aliphatic rings. The Morgan fingerprint density at radius 1 is 1.17 bits per heavy atom. The molecule has 0 amide bonds. The highest BCUT2D eigenvalue weighted by molar-refractivity contribution is 5.51. The van der Waals surface area contributed by atoms with Crippen LogP contribution < -0.4 is 10.2 Å². The maximum absolute atomic E-state index is 13.5. The van der Waals surface area contributed by atoms with Crippen molar-refractivity contribution in [2.24, 2.45) is 5.92 Å². The van der Waals surface area contributed by atoms with E-state index in [0.29, 0.717) is 30.5 Å². The van der Waals surface area contributed by atoms with Gasteiger partial charge in [0.25, 0.3) is 0 Å². The van der Waals surface area contributed by atoms with E-state index in [1.54, 1.807) is 4.68 Å². The average Bonchev–Trinajstić information content (AvgIpc) is 3.24. The highest BCUT2D eigenvalue weighted by Crippen LogP contribution is 2.34. The summed E-state index contributed by atoms with van der Waals surface area (Å²) in [5.41, 5.74) is 1.84. The molecule has 3 heterocycles. The quantitative estimate of drug-likeness (QED) is 0.771. The molecule has 0 radical (unpaired) electrons. The Balaban J connectivity index is 1.67. The molecule has 0 bridgehead atoms. The molecule has 1 saturated heterocycles. The number of anilines is 2. The molecule has 30 heavy (non-hydrogen) atoms. The van der Waals surface area contributed by atoms with E-state index in [-0.39, 0.29) is 31.5 Å². The van der Waals surface area contributed by atoms with Crippen molar-refractivity contribution in [3.05, 3.63) is 23.5 Å². The van der Waals surface area contributed by atoms with Gasteiger partial charge < -0.3 is 15.3 Å². The number of nitrogens with zero attached hydrogens (tertiary/aromatic N) is 5. The molecule has 2 aromatic heterocycles. The van der Waals surface area contributed by atoms with Crippen molar-refractivity contribution in [3.8, 4) is 5.82 Å². The number of hydrogen-bond donors (Lipinski definition) is 2. The van der Waals surface area contributed by atoms with E-state index in [1.165, 1.54) is 0 Å². The van der Waals surface area contributed by atoms with Crippen molar-refractivity contribution in [2.45, 2.75) is 70.9 Å². The number of aliphatic hydroxyl groups excluding tert-OH is 1. The molecule has 0 aromatic carbocycles. The summed E-state index contributed by atoms with van der Waals surface area (Å²) in [6.45, 7) is 6.91. The fourth-order valence-corrected chi connectivity index (χ4v) is 4.57. The number of aliphatic hydroxyl groups is 1. The lowest BCUT2D eigenvalue weighted by molar-refractivity contribution is -0.0361. The van der Waals surface area contributed by atoms with Gasteiger partial charge in [-0.05, 0) is 45.1 Å². The SMILES string of the molecule is Cc1cc(C)n(-c2cc(N3C[C@@H](C)C[C@H]3CO)nc(NC3CCC(F)(F)CC3)n2)n1. The number of aryl methyl sites for hydroxylation is 2. The zero-order valence-corrected chi connectivity index (χ0v) is 17.8. The molecule has 1 aliphatic carbocycles. The third-order valence-electron chi connectivity index (χ3n) is 6.10. The van der Waals surface area contributed by atoms with Crippen LogP contribution in [0.5, 0.6) is 0 Å². The Kier molecular flexibility index (Phi) is 5.65. The molecule has 164 valence electrons. The van der Waals surface area contributed by atoms with Crippen molar-refractivity contribution in [1.29, 1.82) is 0 Å². The van der Waals surface area contributed by atoms with Gasteiger partial charge in [-0.3, -0.25) is 0 Å². The van der Waals surface area contributed by atoms with Crippen molar-refractivity contribution >= 4 is 11.8 Å². The van der Waals surface area contributed by atoms with E-state index < -0.39 is 5.92 Å². The zero-order chi connectivity index (χ0) is 21.5. The molecular formula is C21H30F2N6O. The van der Waals surface area contributed by atoms with Gasteiger partial charge in [0.2, 0.25) is 11.9 Å². The van der Waals surface area contributed by atoms with Crippen molar-refractivity contribution < 1.29 is 13.9 Å². The molecule has 4 rings (SSSR count). The predicted octanol–water partition coefficient (Wildman–Crippen LogP) is 3.48. The number of nitrogens with one attached hydrogen (secondary N) is 1. The smallest absolute Gasteiger partial charge is 0.248 e. The van der Waals surface area contributed by atoms with Gasteiger partial charge in [-0.25, -0.2) is 13.5 Å². The van der Waals surface area contributed by atoms with E-state index in [4.69, 9.17) is 4.98 Å². The Hall–Kier alpha value is -2.29. The number of hydrogen-bond acceptors (Lipinski definition) is 6. The van der Waals surface area contributed by atoms with E-state index in [1.807, 2.05) is 26.0 Å². The van der Waals surface area contributed by atoms with Crippen LogP contribution in [0.2, 0.25) is 0 Å². The molecule has 2 atom stereocenters. The largest absolute Gasteiger partial charge is 0.394 e. The molecular weight excluding hydrogens is 390 g/mol. The summed E-state index contributed by atoms with van der Waals surface area (Å²) in [5, 5.41) is 17.7. The summed E-state index contributed by atoms with van der Waals surface area (Å²) in [6.07, 6.45) is 1.43. The van der Waals surface area contributed by atoms with Crippen molar-refractivity contribution in [2.75, 3.05) is 23.4 Å². The van der Waals surface area contributed by atoms with Crippen LogP contribution in [0, 0.1) is 19.8 Å². The van der Waals surface area contributed by atoms with E-state index >= 15 is 0 Å². The third kappa shape index (κ3) is 4.40. The van der Waals surface area contributed by atoms with Crippen molar-refractivity contribution in [3.63, 3.8) is 0 Å². The lowest BCUT2D eigenvalue weighted by Gasteiger charge is -2.29.